The molecule has 180 valence electrons. The molecule has 0 saturated heterocycles. The zero-order chi connectivity index (χ0) is 25.6. The summed E-state index contributed by atoms with van der Waals surface area (Å²) in [5.41, 5.74) is 16.0. The number of hydrogen-bond donors (Lipinski definition) is 2. The molecule has 6 nitrogen and oxygen atoms in total. The maximum absolute atomic E-state index is 5.87. The monoisotopic (exact) mass is 514 g/mol. The molecule has 5 aromatic rings. The topological polar surface area (TPSA) is 103 Å². The zero-order valence-electron chi connectivity index (χ0n) is 19.2. The summed E-state index contributed by atoms with van der Waals surface area (Å²) >= 11 is 11.3. The van der Waals surface area contributed by atoms with E-state index in [0.29, 0.717) is 27.4 Å². The van der Waals surface area contributed by atoms with Gasteiger partial charge in [0.2, 0.25) is 0 Å². The molecule has 4 N–H and O–H groups in total. The van der Waals surface area contributed by atoms with Crippen molar-refractivity contribution < 1.29 is 0 Å². The van der Waals surface area contributed by atoms with Gasteiger partial charge in [-0.3, -0.25) is 9.98 Å². The first-order valence-corrected chi connectivity index (χ1v) is 11.6. The number of aliphatic imine (C=N–C) groups is 1. The van der Waals surface area contributed by atoms with E-state index >= 15 is 0 Å². The van der Waals surface area contributed by atoms with E-state index in [2.05, 4.69) is 19.9 Å². The number of rotatable bonds is 3. The summed E-state index contributed by atoms with van der Waals surface area (Å²) in [4.78, 5) is 16.1. The van der Waals surface area contributed by atoms with Gasteiger partial charge in [-0.1, -0.05) is 83.9 Å². The minimum Gasteiger partial charge on any atom is -0.397 e. The number of hydrogen-bond acceptors (Lipinski definition) is 6. The van der Waals surface area contributed by atoms with Crippen LogP contribution < -0.4 is 11.5 Å². The molecule has 8 heteroatoms. The molecule has 5 rings (SSSR count). The van der Waals surface area contributed by atoms with Crippen LogP contribution in [0.1, 0.15) is 5.56 Å². The van der Waals surface area contributed by atoms with Crippen molar-refractivity contribution in [2.24, 2.45) is 4.99 Å². The Morgan fingerprint density at radius 2 is 1.14 bits per heavy atom. The molecular formula is C28H24Cl2N6. The Hall–Kier alpha value is -4.26. The average molecular weight is 515 g/mol. The molecule has 0 fully saturated rings. The van der Waals surface area contributed by atoms with Gasteiger partial charge >= 0.3 is 0 Å². The summed E-state index contributed by atoms with van der Waals surface area (Å²) in [6, 6.07) is 30.5. The van der Waals surface area contributed by atoms with Gasteiger partial charge in [-0.2, -0.15) is 0 Å². The van der Waals surface area contributed by atoms with Gasteiger partial charge in [0.15, 0.2) is 10.3 Å². The van der Waals surface area contributed by atoms with Crippen molar-refractivity contribution in [2.45, 2.75) is 0 Å². The Balaban J connectivity index is 0.000000157. The largest absolute Gasteiger partial charge is 0.397 e. The molecule has 0 aliphatic carbocycles. The van der Waals surface area contributed by atoms with E-state index in [1.165, 1.54) is 0 Å². The maximum Gasteiger partial charge on any atom is 0.154 e. The number of anilines is 2. The number of nitrogens with two attached hydrogens (primary N) is 2. The van der Waals surface area contributed by atoms with Gasteiger partial charge in [-0.15, -0.1) is 0 Å². The number of pyridine rings is 3. The van der Waals surface area contributed by atoms with Crippen molar-refractivity contribution >= 4 is 46.5 Å². The molecule has 2 aromatic carbocycles. The molecule has 0 bridgehead atoms. The molecule has 0 amide bonds. The fourth-order valence-electron chi connectivity index (χ4n) is 2.81. The van der Waals surface area contributed by atoms with Crippen LogP contribution in [0.15, 0.2) is 121 Å². The highest BCUT2D eigenvalue weighted by Crippen LogP contribution is 2.22. The van der Waals surface area contributed by atoms with Crippen molar-refractivity contribution in [3.63, 3.8) is 0 Å². The predicted octanol–water partition coefficient (Wildman–Crippen LogP) is 7.13. The summed E-state index contributed by atoms with van der Waals surface area (Å²) in [6.07, 6.45) is 6.75. The van der Waals surface area contributed by atoms with Crippen LogP contribution in [0.4, 0.5) is 17.1 Å². The number of nitrogens with zero attached hydrogens (tertiary/aromatic N) is 4. The van der Waals surface area contributed by atoms with Crippen LogP contribution in [0.2, 0.25) is 10.3 Å². The van der Waals surface area contributed by atoms with Crippen LogP contribution in [0.3, 0.4) is 0 Å². The highest BCUT2D eigenvalue weighted by molar-refractivity contribution is 6.32. The maximum atomic E-state index is 5.87. The van der Waals surface area contributed by atoms with Gasteiger partial charge < -0.3 is 11.5 Å². The van der Waals surface area contributed by atoms with E-state index < -0.39 is 0 Å². The van der Waals surface area contributed by atoms with Gasteiger partial charge in [-0.25, -0.2) is 9.97 Å². The molecule has 0 unspecified atom stereocenters. The molecule has 3 aromatic heterocycles. The second-order valence-electron chi connectivity index (χ2n) is 7.17. The van der Waals surface area contributed by atoms with Gasteiger partial charge in [0.25, 0.3) is 0 Å². The molecule has 0 spiro atoms. The first-order valence-electron chi connectivity index (χ1n) is 10.9. The van der Waals surface area contributed by atoms with Crippen molar-refractivity contribution in [1.82, 2.24) is 15.0 Å². The Kier molecular flexibility index (Phi) is 10.4. The summed E-state index contributed by atoms with van der Waals surface area (Å²) < 4.78 is 0. The van der Waals surface area contributed by atoms with Crippen LogP contribution in [0.5, 0.6) is 0 Å². The van der Waals surface area contributed by atoms with E-state index in [0.717, 1.165) is 16.8 Å². The molecule has 0 aliphatic rings. The minimum absolute atomic E-state index is 0.368. The summed E-state index contributed by atoms with van der Waals surface area (Å²) in [7, 11) is 0. The first kappa shape index (κ1) is 26.3. The van der Waals surface area contributed by atoms with Crippen LogP contribution in [-0.2, 0) is 0 Å². The zero-order valence-corrected chi connectivity index (χ0v) is 20.8. The van der Waals surface area contributed by atoms with Gasteiger partial charge in [0.1, 0.15) is 5.69 Å². The highest BCUT2D eigenvalue weighted by atomic mass is 35.5. The standard InChI is InChI=1S/C12H9ClN2.C11H10N2.C5H5ClN2/c13-12-11(7-4-8-14-12)15-9-10-5-2-1-3-6-10;12-10-7-4-8-13-11(10)9-5-2-1-3-6-9;6-5-4(7)2-1-3-8-5/h1-9H;1-8H,12H2;1-3H,7H2. The van der Waals surface area contributed by atoms with E-state index in [1.807, 2.05) is 84.9 Å². The normalized spacial score (nSPS) is 10.1. The fourth-order valence-corrected chi connectivity index (χ4v) is 3.10. The second-order valence-corrected chi connectivity index (χ2v) is 7.89. The van der Waals surface area contributed by atoms with Crippen LogP contribution in [0, 0.1) is 0 Å². The predicted molar refractivity (Wildman–Crippen MR) is 151 cm³/mol. The Bertz CT molecular complexity index is 1360. The Morgan fingerprint density at radius 3 is 1.69 bits per heavy atom. The third-order valence-corrected chi connectivity index (χ3v) is 5.17. The summed E-state index contributed by atoms with van der Waals surface area (Å²) in [5.74, 6) is 0. The van der Waals surface area contributed by atoms with Crippen molar-refractivity contribution in [3.8, 4) is 11.3 Å². The van der Waals surface area contributed by atoms with E-state index in [4.69, 9.17) is 34.7 Å². The SMILES string of the molecule is Clc1ncccc1N=Cc1ccccc1.Nc1cccnc1-c1ccccc1.Nc1cccnc1Cl. The summed E-state index contributed by atoms with van der Waals surface area (Å²) in [5, 5.41) is 0.789. The number of halogens is 2. The lowest BCUT2D eigenvalue weighted by Crippen LogP contribution is -1.91. The molecule has 3 heterocycles. The third kappa shape index (κ3) is 8.51. The van der Waals surface area contributed by atoms with Crippen molar-refractivity contribution in [1.29, 1.82) is 0 Å². The van der Waals surface area contributed by atoms with Gasteiger partial charge in [-0.05, 0) is 42.0 Å². The molecule has 36 heavy (non-hydrogen) atoms. The minimum atomic E-state index is 0.368. The highest BCUT2D eigenvalue weighted by Gasteiger charge is 2.00. The third-order valence-electron chi connectivity index (χ3n) is 4.57. The van der Waals surface area contributed by atoms with E-state index in [1.54, 1.807) is 36.9 Å². The molecule has 0 saturated carbocycles. The van der Waals surface area contributed by atoms with Gasteiger partial charge in [0, 0.05) is 30.4 Å². The lowest BCUT2D eigenvalue weighted by atomic mass is 10.1. The van der Waals surface area contributed by atoms with Crippen LogP contribution in [-0.4, -0.2) is 21.2 Å². The Morgan fingerprint density at radius 1 is 0.583 bits per heavy atom. The average Bonchev–Trinajstić information content (AvgIpc) is 2.92. The lowest BCUT2D eigenvalue weighted by molar-refractivity contribution is 1.31. The van der Waals surface area contributed by atoms with Gasteiger partial charge in [0.05, 0.1) is 17.1 Å². The van der Waals surface area contributed by atoms with Crippen molar-refractivity contribution in [2.75, 3.05) is 11.5 Å². The quantitative estimate of drug-likeness (QED) is 0.196. The molecular weight excluding hydrogens is 491 g/mol. The van der Waals surface area contributed by atoms with Crippen LogP contribution >= 0.6 is 23.2 Å². The summed E-state index contributed by atoms with van der Waals surface area (Å²) in [6.45, 7) is 0. The smallest absolute Gasteiger partial charge is 0.154 e. The number of benzene rings is 2. The Labute approximate surface area is 220 Å². The molecule has 0 atom stereocenters. The van der Waals surface area contributed by atoms with Crippen molar-refractivity contribution in [3.05, 3.63) is 132 Å². The van der Waals surface area contributed by atoms with E-state index in [9.17, 15) is 0 Å². The number of aromatic nitrogens is 3. The fraction of sp³-hybridized carbons (Fsp3) is 0. The number of nitrogen functional groups attached to an aromatic ring is 2. The first-order chi connectivity index (χ1) is 17.5. The molecule has 0 aliphatic heterocycles. The van der Waals surface area contributed by atoms with E-state index in [-0.39, 0.29) is 0 Å². The lowest BCUT2D eigenvalue weighted by Gasteiger charge is -2.02. The second kappa shape index (κ2) is 14.2. The molecule has 0 radical (unpaired) electrons. The van der Waals surface area contributed by atoms with Crippen LogP contribution in [0.25, 0.3) is 11.3 Å².